The third-order valence-corrected chi connectivity index (χ3v) is 5.79. The first-order valence-electron chi connectivity index (χ1n) is 7.40. The van der Waals surface area contributed by atoms with Crippen LogP contribution in [0.4, 0.5) is 0 Å². The molecule has 0 heterocycles. The number of rotatable bonds is 2. The molecule has 0 spiro atoms. The second-order valence-corrected chi connectivity index (χ2v) is 7.00. The largest absolute Gasteiger partial charge is 0.389 e. The zero-order chi connectivity index (χ0) is 12.6. The van der Waals surface area contributed by atoms with E-state index in [0.717, 1.165) is 32.1 Å². The molecule has 0 bridgehead atoms. The Morgan fingerprint density at radius 2 is 1.47 bits per heavy atom. The van der Waals surface area contributed by atoms with Crippen molar-refractivity contribution >= 4 is 0 Å². The van der Waals surface area contributed by atoms with Crippen LogP contribution in [0.3, 0.4) is 0 Å². The second kappa shape index (κ2) is 4.55. The summed E-state index contributed by atoms with van der Waals surface area (Å²) in [5.41, 5.74) is 5.63. The zero-order valence-corrected chi connectivity index (χ0v) is 11.6. The lowest BCUT2D eigenvalue weighted by Crippen LogP contribution is -2.58. The van der Waals surface area contributed by atoms with Crippen LogP contribution < -0.4 is 5.73 Å². The minimum atomic E-state index is -0.529. The molecule has 0 saturated heterocycles. The molecule has 0 aromatic rings. The van der Waals surface area contributed by atoms with Gasteiger partial charge in [0.05, 0.1) is 5.60 Å². The Labute approximate surface area is 106 Å². The van der Waals surface area contributed by atoms with Crippen molar-refractivity contribution in [3.8, 4) is 0 Å². The highest BCUT2D eigenvalue weighted by Crippen LogP contribution is 2.58. The SMILES string of the molecule is CC1(C)CCCC1(O)C1(CN)CCCCCC1. The summed E-state index contributed by atoms with van der Waals surface area (Å²) in [4.78, 5) is 0. The maximum Gasteiger partial charge on any atom is 0.0766 e. The monoisotopic (exact) mass is 239 g/mol. The average Bonchev–Trinajstić information content (AvgIpc) is 2.51. The van der Waals surface area contributed by atoms with Gasteiger partial charge in [0, 0.05) is 12.0 Å². The molecule has 1 atom stereocenters. The van der Waals surface area contributed by atoms with Crippen LogP contribution in [0.15, 0.2) is 0 Å². The van der Waals surface area contributed by atoms with Crippen molar-refractivity contribution < 1.29 is 5.11 Å². The molecule has 0 aromatic carbocycles. The predicted molar refractivity (Wildman–Crippen MR) is 71.8 cm³/mol. The standard InChI is InChI=1S/C15H29NO/c1-13(2)8-7-11-15(13,17)14(12-16)9-5-3-4-6-10-14/h17H,3-12,16H2,1-2H3. The van der Waals surface area contributed by atoms with Crippen LogP contribution in [0, 0.1) is 10.8 Å². The molecular formula is C15H29NO. The van der Waals surface area contributed by atoms with Crippen LogP contribution in [-0.4, -0.2) is 17.3 Å². The highest BCUT2D eigenvalue weighted by atomic mass is 16.3. The van der Waals surface area contributed by atoms with Gasteiger partial charge < -0.3 is 10.8 Å². The quantitative estimate of drug-likeness (QED) is 0.727. The fraction of sp³-hybridized carbons (Fsp3) is 1.00. The van der Waals surface area contributed by atoms with Gasteiger partial charge in [0.25, 0.3) is 0 Å². The summed E-state index contributed by atoms with van der Waals surface area (Å²) in [6.45, 7) is 5.14. The molecule has 1 unspecified atom stereocenters. The lowest BCUT2D eigenvalue weighted by atomic mass is 9.58. The van der Waals surface area contributed by atoms with Crippen molar-refractivity contribution in [3.05, 3.63) is 0 Å². The number of aliphatic hydroxyl groups is 1. The minimum Gasteiger partial charge on any atom is -0.389 e. The van der Waals surface area contributed by atoms with Gasteiger partial charge in [-0.15, -0.1) is 0 Å². The molecule has 17 heavy (non-hydrogen) atoms. The molecule has 2 saturated carbocycles. The van der Waals surface area contributed by atoms with Crippen LogP contribution >= 0.6 is 0 Å². The van der Waals surface area contributed by atoms with E-state index in [0.29, 0.717) is 6.54 Å². The molecule has 2 fully saturated rings. The van der Waals surface area contributed by atoms with Gasteiger partial charge in [-0.05, 0) is 37.5 Å². The second-order valence-electron chi connectivity index (χ2n) is 7.00. The van der Waals surface area contributed by atoms with Crippen LogP contribution in [0.2, 0.25) is 0 Å². The Kier molecular flexibility index (Phi) is 3.57. The highest BCUT2D eigenvalue weighted by molar-refractivity contribution is 5.10. The van der Waals surface area contributed by atoms with Gasteiger partial charge in [0.15, 0.2) is 0 Å². The fourth-order valence-electron chi connectivity index (χ4n) is 4.51. The van der Waals surface area contributed by atoms with Crippen molar-refractivity contribution in [3.63, 3.8) is 0 Å². The van der Waals surface area contributed by atoms with Crippen molar-refractivity contribution in [2.24, 2.45) is 16.6 Å². The predicted octanol–water partition coefficient (Wildman–Crippen LogP) is 3.23. The molecule has 2 rings (SSSR count). The maximum absolute atomic E-state index is 11.3. The molecule has 2 nitrogen and oxygen atoms in total. The van der Waals surface area contributed by atoms with Crippen LogP contribution in [0.5, 0.6) is 0 Å². The molecule has 2 aliphatic carbocycles. The molecule has 0 aliphatic heterocycles. The van der Waals surface area contributed by atoms with Gasteiger partial charge >= 0.3 is 0 Å². The van der Waals surface area contributed by atoms with Gasteiger partial charge in [-0.3, -0.25) is 0 Å². The smallest absolute Gasteiger partial charge is 0.0766 e. The number of hydrogen-bond acceptors (Lipinski definition) is 2. The van der Waals surface area contributed by atoms with Crippen molar-refractivity contribution in [1.29, 1.82) is 0 Å². The summed E-state index contributed by atoms with van der Waals surface area (Å²) in [6, 6.07) is 0. The Morgan fingerprint density at radius 3 is 1.88 bits per heavy atom. The molecule has 0 aromatic heterocycles. The number of nitrogens with two attached hydrogens (primary N) is 1. The van der Waals surface area contributed by atoms with E-state index in [9.17, 15) is 5.11 Å². The lowest BCUT2D eigenvalue weighted by molar-refractivity contribution is -0.148. The van der Waals surface area contributed by atoms with E-state index in [2.05, 4.69) is 13.8 Å². The highest BCUT2D eigenvalue weighted by Gasteiger charge is 2.59. The van der Waals surface area contributed by atoms with Crippen molar-refractivity contribution in [1.82, 2.24) is 0 Å². The first-order valence-corrected chi connectivity index (χ1v) is 7.40. The van der Waals surface area contributed by atoms with Crippen molar-refractivity contribution in [2.45, 2.75) is 77.2 Å². The molecule has 2 heteroatoms. The Hall–Kier alpha value is -0.0800. The minimum absolute atomic E-state index is 0.0104. The lowest BCUT2D eigenvalue weighted by Gasteiger charge is -2.52. The van der Waals surface area contributed by atoms with E-state index in [1.165, 1.54) is 25.7 Å². The summed E-state index contributed by atoms with van der Waals surface area (Å²) in [5, 5.41) is 11.3. The first-order chi connectivity index (χ1) is 7.97. The summed E-state index contributed by atoms with van der Waals surface area (Å²) in [5.74, 6) is 0. The Morgan fingerprint density at radius 1 is 0.882 bits per heavy atom. The molecular weight excluding hydrogens is 210 g/mol. The summed E-state index contributed by atoms with van der Waals surface area (Å²) < 4.78 is 0. The third-order valence-electron chi connectivity index (χ3n) is 5.79. The van der Waals surface area contributed by atoms with E-state index in [-0.39, 0.29) is 10.8 Å². The zero-order valence-electron chi connectivity index (χ0n) is 11.6. The summed E-state index contributed by atoms with van der Waals surface area (Å²) in [6.07, 6.45) is 10.6. The summed E-state index contributed by atoms with van der Waals surface area (Å²) in [7, 11) is 0. The Balaban J connectivity index is 2.32. The normalized spacial score (nSPS) is 36.7. The van der Waals surface area contributed by atoms with E-state index in [1.54, 1.807) is 0 Å². The van der Waals surface area contributed by atoms with Crippen LogP contribution in [0.1, 0.15) is 71.6 Å². The molecule has 0 radical (unpaired) electrons. The van der Waals surface area contributed by atoms with E-state index in [4.69, 9.17) is 5.73 Å². The van der Waals surface area contributed by atoms with E-state index >= 15 is 0 Å². The van der Waals surface area contributed by atoms with Gasteiger partial charge in [-0.2, -0.15) is 0 Å². The van der Waals surface area contributed by atoms with E-state index in [1.807, 2.05) is 0 Å². The van der Waals surface area contributed by atoms with E-state index < -0.39 is 5.60 Å². The maximum atomic E-state index is 11.3. The van der Waals surface area contributed by atoms with Crippen LogP contribution in [0.25, 0.3) is 0 Å². The number of hydrogen-bond donors (Lipinski definition) is 2. The molecule has 2 aliphatic rings. The van der Waals surface area contributed by atoms with Gasteiger partial charge in [0.1, 0.15) is 0 Å². The van der Waals surface area contributed by atoms with Gasteiger partial charge in [-0.1, -0.05) is 39.5 Å². The first kappa shape index (κ1) is 13.4. The van der Waals surface area contributed by atoms with Gasteiger partial charge in [-0.25, -0.2) is 0 Å². The molecule has 0 amide bonds. The summed E-state index contributed by atoms with van der Waals surface area (Å²) >= 11 is 0. The van der Waals surface area contributed by atoms with Gasteiger partial charge in [0.2, 0.25) is 0 Å². The topological polar surface area (TPSA) is 46.2 Å². The third kappa shape index (κ3) is 1.94. The molecule has 3 N–H and O–H groups in total. The Bertz CT molecular complexity index is 266. The van der Waals surface area contributed by atoms with Crippen LogP contribution in [-0.2, 0) is 0 Å². The average molecular weight is 239 g/mol. The fourth-order valence-corrected chi connectivity index (χ4v) is 4.51. The van der Waals surface area contributed by atoms with Crippen molar-refractivity contribution in [2.75, 3.05) is 6.54 Å². The molecule has 100 valence electrons.